The Balaban J connectivity index is 3.48. The van der Waals surface area contributed by atoms with Crippen molar-refractivity contribution >= 4 is 5.97 Å². The lowest BCUT2D eigenvalue weighted by Crippen LogP contribution is -2.25. The highest BCUT2D eigenvalue weighted by molar-refractivity contribution is 5.74. The Morgan fingerprint density at radius 2 is 1.94 bits per heavy atom. The number of hydrogen-bond acceptors (Lipinski definition) is 4. The fourth-order valence-corrected chi connectivity index (χ4v) is 0.824. The molecule has 0 N–H and O–H groups in total. The van der Waals surface area contributed by atoms with Crippen molar-refractivity contribution in [1.82, 2.24) is 0 Å². The molecule has 0 spiro atoms. The smallest absolute Gasteiger partial charge is 0.411 e. The van der Waals surface area contributed by atoms with Crippen LogP contribution in [0.5, 0.6) is 0 Å². The Labute approximate surface area is 91.7 Å². The maximum absolute atomic E-state index is 11.6. The quantitative estimate of drug-likeness (QED) is 0.503. The average Bonchev–Trinajstić information content (AvgIpc) is 2.15. The Morgan fingerprint density at radius 1 is 1.31 bits per heavy atom. The van der Waals surface area contributed by atoms with Crippen molar-refractivity contribution < 1.29 is 32.2 Å². The van der Waals surface area contributed by atoms with Crippen LogP contribution in [0, 0.1) is 0 Å². The van der Waals surface area contributed by atoms with Crippen molar-refractivity contribution in [2.24, 2.45) is 0 Å². The number of carbonyl (C=O) groups excluding carboxylic acids is 1. The zero-order chi connectivity index (χ0) is 12.6. The second-order valence-electron chi connectivity index (χ2n) is 2.93. The van der Waals surface area contributed by atoms with E-state index >= 15 is 0 Å². The zero-order valence-corrected chi connectivity index (χ0v) is 9.17. The van der Waals surface area contributed by atoms with Gasteiger partial charge in [-0.05, 0) is 13.8 Å². The van der Waals surface area contributed by atoms with Crippen LogP contribution in [-0.2, 0) is 19.0 Å². The number of rotatable bonds is 7. The van der Waals surface area contributed by atoms with Crippen LogP contribution in [0.4, 0.5) is 13.2 Å². The highest BCUT2D eigenvalue weighted by atomic mass is 19.4. The first-order valence-corrected chi connectivity index (χ1v) is 4.79. The predicted molar refractivity (Wildman–Crippen MR) is 48.9 cm³/mol. The predicted octanol–water partition coefficient (Wildman–Crippen LogP) is 1.53. The van der Waals surface area contributed by atoms with Crippen LogP contribution in [0.25, 0.3) is 0 Å². The fourth-order valence-electron chi connectivity index (χ4n) is 0.824. The van der Waals surface area contributed by atoms with Crippen molar-refractivity contribution in [3.63, 3.8) is 0 Å². The number of hydrogen-bond donors (Lipinski definition) is 0. The van der Waals surface area contributed by atoms with Gasteiger partial charge in [0.1, 0.15) is 13.2 Å². The number of carbonyl (C=O) groups is 1. The molecule has 4 nitrogen and oxygen atoms in total. The number of esters is 1. The summed E-state index contributed by atoms with van der Waals surface area (Å²) in [5.41, 5.74) is 0. The molecule has 7 heteroatoms. The maximum atomic E-state index is 11.6. The van der Waals surface area contributed by atoms with Crippen molar-refractivity contribution in [3.8, 4) is 0 Å². The van der Waals surface area contributed by atoms with Crippen LogP contribution in [0.15, 0.2) is 0 Å². The van der Waals surface area contributed by atoms with E-state index in [-0.39, 0.29) is 13.2 Å². The summed E-state index contributed by atoms with van der Waals surface area (Å²) < 4.78 is 48.6. The second-order valence-corrected chi connectivity index (χ2v) is 2.93. The fraction of sp³-hybridized carbons (Fsp3) is 0.889. The van der Waals surface area contributed by atoms with Crippen molar-refractivity contribution in [2.75, 3.05) is 26.4 Å². The Morgan fingerprint density at radius 3 is 2.44 bits per heavy atom. The molecule has 96 valence electrons. The van der Waals surface area contributed by atoms with Gasteiger partial charge in [0.15, 0.2) is 6.10 Å². The third-order valence-corrected chi connectivity index (χ3v) is 1.49. The summed E-state index contributed by atoms with van der Waals surface area (Å²) in [6.07, 6.45) is -5.07. The van der Waals surface area contributed by atoms with E-state index in [1.54, 1.807) is 6.92 Å². The van der Waals surface area contributed by atoms with E-state index in [1.165, 1.54) is 6.92 Å². The monoisotopic (exact) mass is 244 g/mol. The summed E-state index contributed by atoms with van der Waals surface area (Å²) in [5, 5.41) is 0. The van der Waals surface area contributed by atoms with E-state index in [2.05, 4.69) is 9.47 Å². The van der Waals surface area contributed by atoms with Gasteiger partial charge in [0.05, 0.1) is 6.61 Å². The maximum Gasteiger partial charge on any atom is 0.411 e. The molecule has 0 aliphatic heterocycles. The molecule has 0 saturated carbocycles. The molecule has 0 fully saturated rings. The SMILES string of the molecule is CCOC(C)C(=O)OCCOCC(F)(F)F. The first-order chi connectivity index (χ1) is 7.37. The Bertz CT molecular complexity index is 205. The van der Waals surface area contributed by atoms with Gasteiger partial charge in [-0.3, -0.25) is 0 Å². The first-order valence-electron chi connectivity index (χ1n) is 4.79. The molecule has 0 aliphatic carbocycles. The van der Waals surface area contributed by atoms with E-state index < -0.39 is 24.9 Å². The molecule has 0 saturated heterocycles. The number of alkyl halides is 3. The van der Waals surface area contributed by atoms with Crippen molar-refractivity contribution in [1.29, 1.82) is 0 Å². The minimum Gasteiger partial charge on any atom is -0.461 e. The highest BCUT2D eigenvalue weighted by Gasteiger charge is 2.27. The molecule has 0 aromatic carbocycles. The molecular weight excluding hydrogens is 229 g/mol. The molecule has 0 heterocycles. The van der Waals surface area contributed by atoms with Crippen LogP contribution < -0.4 is 0 Å². The van der Waals surface area contributed by atoms with Crippen LogP contribution in [-0.4, -0.2) is 44.7 Å². The minimum absolute atomic E-state index is 0.216. The van der Waals surface area contributed by atoms with Gasteiger partial charge in [0.25, 0.3) is 0 Å². The van der Waals surface area contributed by atoms with Crippen LogP contribution in [0.2, 0.25) is 0 Å². The van der Waals surface area contributed by atoms with Gasteiger partial charge in [0, 0.05) is 6.61 Å². The molecule has 0 bridgehead atoms. The van der Waals surface area contributed by atoms with E-state index in [4.69, 9.17) is 4.74 Å². The minimum atomic E-state index is -4.36. The van der Waals surface area contributed by atoms with Crippen molar-refractivity contribution in [2.45, 2.75) is 26.1 Å². The van der Waals surface area contributed by atoms with E-state index in [1.807, 2.05) is 0 Å². The van der Waals surface area contributed by atoms with E-state index in [0.717, 1.165) is 0 Å². The highest BCUT2D eigenvalue weighted by Crippen LogP contribution is 2.14. The summed E-state index contributed by atoms with van der Waals surface area (Å²) in [7, 11) is 0. The molecule has 0 rings (SSSR count). The Kier molecular flexibility index (Phi) is 7.07. The lowest BCUT2D eigenvalue weighted by atomic mass is 10.4. The summed E-state index contributed by atoms with van der Waals surface area (Å²) in [4.78, 5) is 11.1. The summed E-state index contributed by atoms with van der Waals surface area (Å²) in [5.74, 6) is -0.613. The van der Waals surface area contributed by atoms with Gasteiger partial charge in [-0.15, -0.1) is 0 Å². The van der Waals surface area contributed by atoms with Gasteiger partial charge in [-0.25, -0.2) is 4.79 Å². The molecule has 0 radical (unpaired) electrons. The molecule has 0 aliphatic rings. The normalized spacial score (nSPS) is 13.6. The topological polar surface area (TPSA) is 44.8 Å². The van der Waals surface area contributed by atoms with Crippen LogP contribution >= 0.6 is 0 Å². The molecule has 0 aromatic heterocycles. The average molecular weight is 244 g/mol. The van der Waals surface area contributed by atoms with E-state index in [9.17, 15) is 18.0 Å². The van der Waals surface area contributed by atoms with E-state index in [0.29, 0.717) is 6.61 Å². The number of ether oxygens (including phenoxy) is 3. The van der Waals surface area contributed by atoms with Gasteiger partial charge in [0.2, 0.25) is 0 Å². The molecule has 0 amide bonds. The summed E-state index contributed by atoms with van der Waals surface area (Å²) >= 11 is 0. The van der Waals surface area contributed by atoms with Crippen molar-refractivity contribution in [3.05, 3.63) is 0 Å². The summed E-state index contributed by atoms with van der Waals surface area (Å²) in [6, 6.07) is 0. The lowest BCUT2D eigenvalue weighted by molar-refractivity contribution is -0.179. The molecule has 16 heavy (non-hydrogen) atoms. The van der Waals surface area contributed by atoms with Gasteiger partial charge >= 0.3 is 12.1 Å². The third kappa shape index (κ3) is 8.49. The first kappa shape index (κ1) is 15.2. The molecule has 0 aromatic rings. The Hall–Kier alpha value is -0.820. The lowest BCUT2D eigenvalue weighted by Gasteiger charge is -2.11. The van der Waals surface area contributed by atoms with Gasteiger partial charge in [-0.2, -0.15) is 13.2 Å². The zero-order valence-electron chi connectivity index (χ0n) is 9.17. The molecule has 1 atom stereocenters. The third-order valence-electron chi connectivity index (χ3n) is 1.49. The number of halogens is 3. The van der Waals surface area contributed by atoms with Gasteiger partial charge < -0.3 is 14.2 Å². The second kappa shape index (κ2) is 7.45. The van der Waals surface area contributed by atoms with Crippen LogP contribution in [0.3, 0.4) is 0 Å². The molecule has 1 unspecified atom stereocenters. The largest absolute Gasteiger partial charge is 0.461 e. The van der Waals surface area contributed by atoms with Gasteiger partial charge in [-0.1, -0.05) is 0 Å². The summed E-state index contributed by atoms with van der Waals surface area (Å²) in [6.45, 7) is 1.74. The molecular formula is C9H15F3O4. The van der Waals surface area contributed by atoms with Crippen LogP contribution in [0.1, 0.15) is 13.8 Å². The standard InChI is InChI=1S/C9H15F3O4/c1-3-15-7(2)8(13)16-5-4-14-6-9(10,11)12/h7H,3-6H2,1-2H3.